The zero-order chi connectivity index (χ0) is 19.1. The fourth-order valence-corrected chi connectivity index (χ4v) is 4.61. The summed E-state index contributed by atoms with van der Waals surface area (Å²) in [5.41, 5.74) is 2.09. The summed E-state index contributed by atoms with van der Waals surface area (Å²) in [6.45, 7) is 5.01. The molecule has 28 heavy (non-hydrogen) atoms. The third-order valence-corrected chi connectivity index (χ3v) is 6.28. The SMILES string of the molecule is CN1CCN(C2C3OCC(O3)C(NCc3cnc4ccccc4c3)C2O)CC1. The van der Waals surface area contributed by atoms with Crippen LogP contribution in [0.2, 0.25) is 0 Å². The Morgan fingerprint density at radius 1 is 1.21 bits per heavy atom. The van der Waals surface area contributed by atoms with Crippen LogP contribution >= 0.6 is 0 Å². The summed E-state index contributed by atoms with van der Waals surface area (Å²) in [4.78, 5) is 9.17. The third kappa shape index (κ3) is 3.43. The first-order valence-electron chi connectivity index (χ1n) is 10.1. The van der Waals surface area contributed by atoms with Gasteiger partial charge in [-0.25, -0.2) is 0 Å². The average Bonchev–Trinajstić information content (AvgIpc) is 3.14. The lowest BCUT2D eigenvalue weighted by Crippen LogP contribution is -2.66. The number of para-hydroxylation sites is 1. The van der Waals surface area contributed by atoms with Crippen molar-refractivity contribution in [1.82, 2.24) is 20.1 Å². The number of rotatable bonds is 4. The number of fused-ring (bicyclic) bond motifs is 3. The molecule has 3 saturated heterocycles. The second-order valence-electron chi connectivity index (χ2n) is 8.14. The Bertz CT molecular complexity index is 826. The summed E-state index contributed by atoms with van der Waals surface area (Å²) in [5.74, 6) is 0. The molecule has 0 spiro atoms. The number of ether oxygens (including phenoxy) is 2. The average molecular weight is 384 g/mol. The van der Waals surface area contributed by atoms with Crippen LogP contribution in [0.5, 0.6) is 0 Å². The highest BCUT2D eigenvalue weighted by Crippen LogP contribution is 2.32. The lowest BCUT2D eigenvalue weighted by Gasteiger charge is -2.46. The van der Waals surface area contributed by atoms with E-state index in [4.69, 9.17) is 9.47 Å². The van der Waals surface area contributed by atoms with Crippen molar-refractivity contribution in [2.75, 3.05) is 39.8 Å². The molecule has 2 aromatic rings. The molecule has 0 saturated carbocycles. The number of hydrogen-bond acceptors (Lipinski definition) is 7. The largest absolute Gasteiger partial charge is 0.390 e. The van der Waals surface area contributed by atoms with Crippen molar-refractivity contribution in [3.05, 3.63) is 42.1 Å². The molecular weight excluding hydrogens is 356 g/mol. The number of hydrogen-bond donors (Lipinski definition) is 2. The Morgan fingerprint density at radius 3 is 2.89 bits per heavy atom. The van der Waals surface area contributed by atoms with Gasteiger partial charge in [-0.05, 0) is 24.7 Å². The number of aromatic nitrogens is 1. The van der Waals surface area contributed by atoms with Crippen molar-refractivity contribution in [2.24, 2.45) is 0 Å². The van der Waals surface area contributed by atoms with Crippen molar-refractivity contribution < 1.29 is 14.6 Å². The quantitative estimate of drug-likeness (QED) is 0.792. The first-order chi connectivity index (χ1) is 13.7. The Hall–Kier alpha value is -1.61. The molecule has 3 fully saturated rings. The molecule has 5 unspecified atom stereocenters. The van der Waals surface area contributed by atoms with Crippen LogP contribution in [0.25, 0.3) is 10.9 Å². The second kappa shape index (κ2) is 7.67. The summed E-state index contributed by atoms with van der Waals surface area (Å²) >= 11 is 0. The Labute approximate surface area is 165 Å². The molecule has 0 amide bonds. The lowest BCUT2D eigenvalue weighted by molar-refractivity contribution is -0.186. The van der Waals surface area contributed by atoms with E-state index in [1.54, 1.807) is 0 Å². The predicted octanol–water partition coefficient (Wildman–Crippen LogP) is 0.425. The van der Waals surface area contributed by atoms with Gasteiger partial charge in [0.2, 0.25) is 0 Å². The molecular formula is C21H28N4O3. The molecule has 1 aromatic heterocycles. The summed E-state index contributed by atoms with van der Waals surface area (Å²) in [6, 6.07) is 9.98. The van der Waals surface area contributed by atoms with Crippen LogP contribution in [-0.4, -0.2) is 90.3 Å². The lowest BCUT2D eigenvalue weighted by atomic mass is 9.94. The van der Waals surface area contributed by atoms with E-state index in [0.29, 0.717) is 13.2 Å². The number of benzene rings is 1. The molecule has 5 rings (SSSR count). The molecule has 2 N–H and O–H groups in total. The number of likely N-dealkylation sites (N-methyl/N-ethyl adjacent to an activating group) is 1. The van der Waals surface area contributed by atoms with Gasteiger partial charge in [-0.2, -0.15) is 0 Å². The minimum absolute atomic E-state index is 0.114. The van der Waals surface area contributed by atoms with E-state index in [1.165, 1.54) is 0 Å². The van der Waals surface area contributed by atoms with E-state index in [0.717, 1.165) is 42.6 Å². The standard InChI is InChI=1S/C21H28N4O3/c1-24-6-8-25(9-7-24)19-20(26)18(17-13-27-21(19)28-17)23-12-14-10-15-4-2-3-5-16(15)22-11-14/h2-5,10-11,17-21,23,26H,6-9,12-13H2,1H3. The molecule has 5 atom stereocenters. The van der Waals surface area contributed by atoms with Gasteiger partial charge < -0.3 is 24.8 Å². The molecule has 150 valence electrons. The number of nitrogens with zero attached hydrogens (tertiary/aromatic N) is 3. The highest BCUT2D eigenvalue weighted by Gasteiger charge is 2.52. The van der Waals surface area contributed by atoms with Crippen molar-refractivity contribution >= 4 is 10.9 Å². The van der Waals surface area contributed by atoms with Gasteiger partial charge in [0, 0.05) is 44.3 Å². The number of pyridine rings is 1. The maximum atomic E-state index is 11.2. The molecule has 0 radical (unpaired) electrons. The molecule has 2 bridgehead atoms. The Kier molecular flexibility index (Phi) is 5.04. The Balaban J connectivity index is 1.29. The van der Waals surface area contributed by atoms with Crippen molar-refractivity contribution in [3.8, 4) is 0 Å². The van der Waals surface area contributed by atoms with Gasteiger partial charge in [0.15, 0.2) is 6.29 Å². The first-order valence-corrected chi connectivity index (χ1v) is 10.1. The van der Waals surface area contributed by atoms with Gasteiger partial charge in [0.25, 0.3) is 0 Å². The monoisotopic (exact) mass is 384 g/mol. The van der Waals surface area contributed by atoms with Gasteiger partial charge >= 0.3 is 0 Å². The molecule has 3 aliphatic rings. The summed E-state index contributed by atoms with van der Waals surface area (Å²) in [6.07, 6.45) is 0.932. The number of aliphatic hydroxyl groups excluding tert-OH is 1. The van der Waals surface area contributed by atoms with Crippen LogP contribution in [0.3, 0.4) is 0 Å². The van der Waals surface area contributed by atoms with Crippen LogP contribution in [0, 0.1) is 0 Å². The van der Waals surface area contributed by atoms with E-state index in [2.05, 4.69) is 39.3 Å². The fraction of sp³-hybridized carbons (Fsp3) is 0.571. The van der Waals surface area contributed by atoms with Crippen molar-refractivity contribution in [1.29, 1.82) is 0 Å². The van der Waals surface area contributed by atoms with E-state index in [1.807, 2.05) is 24.4 Å². The minimum Gasteiger partial charge on any atom is -0.390 e. The zero-order valence-electron chi connectivity index (χ0n) is 16.2. The highest BCUT2D eigenvalue weighted by atomic mass is 16.7. The van der Waals surface area contributed by atoms with E-state index in [9.17, 15) is 5.11 Å². The molecule has 4 heterocycles. The summed E-state index contributed by atoms with van der Waals surface area (Å²) < 4.78 is 12.0. The number of piperazine rings is 1. The molecule has 0 aliphatic carbocycles. The molecule has 3 aliphatic heterocycles. The van der Waals surface area contributed by atoms with Crippen LogP contribution in [-0.2, 0) is 16.0 Å². The van der Waals surface area contributed by atoms with Crippen molar-refractivity contribution in [3.63, 3.8) is 0 Å². The first kappa shape index (κ1) is 18.4. The number of aliphatic hydroxyl groups is 1. The van der Waals surface area contributed by atoms with E-state index >= 15 is 0 Å². The third-order valence-electron chi connectivity index (χ3n) is 6.28. The maximum Gasteiger partial charge on any atom is 0.176 e. The van der Waals surface area contributed by atoms with Crippen LogP contribution in [0.1, 0.15) is 5.56 Å². The molecule has 7 heteroatoms. The van der Waals surface area contributed by atoms with E-state index < -0.39 is 6.10 Å². The van der Waals surface area contributed by atoms with Gasteiger partial charge in [-0.15, -0.1) is 0 Å². The van der Waals surface area contributed by atoms with Gasteiger partial charge in [-0.1, -0.05) is 18.2 Å². The summed E-state index contributed by atoms with van der Waals surface area (Å²) in [5, 5.41) is 15.8. The van der Waals surface area contributed by atoms with E-state index in [-0.39, 0.29) is 24.5 Å². The van der Waals surface area contributed by atoms with Gasteiger partial charge in [0.05, 0.1) is 30.3 Å². The van der Waals surface area contributed by atoms with Crippen LogP contribution in [0.4, 0.5) is 0 Å². The van der Waals surface area contributed by atoms with Crippen molar-refractivity contribution in [2.45, 2.75) is 37.1 Å². The fourth-order valence-electron chi connectivity index (χ4n) is 4.61. The Morgan fingerprint density at radius 2 is 2.04 bits per heavy atom. The zero-order valence-corrected chi connectivity index (χ0v) is 16.2. The number of nitrogens with one attached hydrogen (secondary N) is 1. The summed E-state index contributed by atoms with van der Waals surface area (Å²) in [7, 11) is 2.13. The molecule has 1 aromatic carbocycles. The maximum absolute atomic E-state index is 11.2. The normalized spacial score (nSPS) is 34.1. The predicted molar refractivity (Wildman–Crippen MR) is 106 cm³/mol. The highest BCUT2D eigenvalue weighted by molar-refractivity contribution is 5.78. The molecule has 7 nitrogen and oxygen atoms in total. The second-order valence-corrected chi connectivity index (χ2v) is 8.14. The smallest absolute Gasteiger partial charge is 0.176 e. The van der Waals surface area contributed by atoms with Crippen LogP contribution < -0.4 is 5.32 Å². The van der Waals surface area contributed by atoms with Gasteiger partial charge in [0.1, 0.15) is 6.10 Å². The van der Waals surface area contributed by atoms with Crippen LogP contribution in [0.15, 0.2) is 36.5 Å². The minimum atomic E-state index is -0.525. The van der Waals surface area contributed by atoms with Gasteiger partial charge in [-0.3, -0.25) is 9.88 Å². The topological polar surface area (TPSA) is 70.1 Å².